The summed E-state index contributed by atoms with van der Waals surface area (Å²) in [5.74, 6) is -0.366. The van der Waals surface area contributed by atoms with E-state index in [2.05, 4.69) is 6.58 Å². The zero-order valence-corrected chi connectivity index (χ0v) is 8.75. The first kappa shape index (κ1) is 14.6. The van der Waals surface area contributed by atoms with Crippen molar-refractivity contribution in [1.29, 1.82) is 0 Å². The third kappa shape index (κ3) is 5.38. The van der Waals surface area contributed by atoms with Crippen LogP contribution in [-0.2, 0) is 9.53 Å². The molecular weight excluding hydrogens is 168 g/mol. The van der Waals surface area contributed by atoms with Crippen molar-refractivity contribution in [3.63, 3.8) is 0 Å². The Bertz CT molecular complexity index is 156. The molecule has 13 heavy (non-hydrogen) atoms. The number of ether oxygens (including phenoxy) is 1. The number of hydrogen-bond donors (Lipinski definition) is 1. The Balaban J connectivity index is 0. The molecule has 3 N–H and O–H groups in total. The fourth-order valence-electron chi connectivity index (χ4n) is 1.03. The van der Waals surface area contributed by atoms with E-state index in [1.807, 2.05) is 25.7 Å². The highest BCUT2D eigenvalue weighted by molar-refractivity contribution is 5.81. The molecular formula is C9H20N2O2. The van der Waals surface area contributed by atoms with E-state index in [0.717, 1.165) is 13.1 Å². The van der Waals surface area contributed by atoms with Gasteiger partial charge in [-0.25, -0.2) is 4.79 Å². The van der Waals surface area contributed by atoms with E-state index in [9.17, 15) is 4.79 Å². The lowest BCUT2D eigenvalue weighted by atomic mass is 10.4. The van der Waals surface area contributed by atoms with Gasteiger partial charge in [0.25, 0.3) is 0 Å². The minimum absolute atomic E-state index is 0. The molecule has 0 aromatic carbocycles. The molecule has 78 valence electrons. The normalized spacial score (nSPS) is 11.7. The molecule has 0 aromatic rings. The van der Waals surface area contributed by atoms with Gasteiger partial charge in [-0.3, -0.25) is 4.90 Å². The third-order valence-electron chi connectivity index (χ3n) is 1.78. The van der Waals surface area contributed by atoms with Crippen LogP contribution in [0.2, 0.25) is 0 Å². The number of carbonyl (C=O) groups excluding carboxylic acids is 1. The molecule has 0 amide bonds. The van der Waals surface area contributed by atoms with Gasteiger partial charge < -0.3 is 10.9 Å². The van der Waals surface area contributed by atoms with Crippen molar-refractivity contribution in [3.05, 3.63) is 12.7 Å². The lowest BCUT2D eigenvalue weighted by molar-refractivity contribution is -0.150. The van der Waals surface area contributed by atoms with Crippen molar-refractivity contribution < 1.29 is 9.53 Å². The summed E-state index contributed by atoms with van der Waals surface area (Å²) >= 11 is 0. The zero-order chi connectivity index (χ0) is 9.56. The van der Waals surface area contributed by atoms with Crippen LogP contribution in [0.4, 0.5) is 0 Å². The highest BCUT2D eigenvalue weighted by Crippen LogP contribution is 2.00. The van der Waals surface area contributed by atoms with Crippen molar-refractivity contribution in [2.24, 2.45) is 0 Å². The minimum atomic E-state index is -0.366. The first-order valence-electron chi connectivity index (χ1n) is 4.22. The van der Waals surface area contributed by atoms with E-state index in [1.54, 1.807) is 0 Å². The maximum atomic E-state index is 10.8. The summed E-state index contributed by atoms with van der Waals surface area (Å²) in [6.45, 7) is 11.0. The monoisotopic (exact) mass is 188 g/mol. The van der Waals surface area contributed by atoms with Crippen molar-refractivity contribution >= 4 is 5.97 Å². The van der Waals surface area contributed by atoms with Gasteiger partial charge in [0.2, 0.25) is 0 Å². The lowest BCUT2D eigenvalue weighted by Gasteiger charge is -2.25. The Morgan fingerprint density at radius 1 is 1.54 bits per heavy atom. The van der Waals surface area contributed by atoms with Crippen LogP contribution in [0.5, 0.6) is 0 Å². The van der Waals surface area contributed by atoms with Crippen LogP contribution in [-0.4, -0.2) is 30.2 Å². The Hall–Kier alpha value is -0.870. The molecule has 4 nitrogen and oxygen atoms in total. The molecule has 1 atom stereocenters. The Labute approximate surface area is 80.1 Å². The quantitative estimate of drug-likeness (QED) is 0.404. The molecule has 0 spiro atoms. The molecule has 0 rings (SSSR count). The topological polar surface area (TPSA) is 64.5 Å². The summed E-state index contributed by atoms with van der Waals surface area (Å²) in [5, 5.41) is 0. The van der Waals surface area contributed by atoms with Gasteiger partial charge in [-0.15, -0.1) is 0 Å². The summed E-state index contributed by atoms with van der Waals surface area (Å²) < 4.78 is 5.01. The fraction of sp³-hybridized carbons (Fsp3) is 0.667. The van der Waals surface area contributed by atoms with Crippen LogP contribution in [0, 0.1) is 0 Å². The highest BCUT2D eigenvalue weighted by Gasteiger charge is 2.12. The molecule has 0 aliphatic carbocycles. The van der Waals surface area contributed by atoms with Crippen molar-refractivity contribution in [2.75, 3.05) is 13.1 Å². The van der Waals surface area contributed by atoms with Gasteiger partial charge in [0.15, 0.2) is 6.23 Å². The van der Waals surface area contributed by atoms with Gasteiger partial charge in [-0.1, -0.05) is 20.4 Å². The molecule has 0 aliphatic heterocycles. The van der Waals surface area contributed by atoms with Gasteiger partial charge in [0.1, 0.15) is 0 Å². The van der Waals surface area contributed by atoms with Crippen LogP contribution < -0.4 is 6.15 Å². The van der Waals surface area contributed by atoms with Gasteiger partial charge in [0.05, 0.1) is 0 Å². The average Bonchev–Trinajstić information content (AvgIpc) is 2.06. The lowest BCUT2D eigenvalue weighted by Crippen LogP contribution is -2.35. The molecule has 0 aliphatic rings. The Kier molecular flexibility index (Phi) is 8.74. The van der Waals surface area contributed by atoms with Gasteiger partial charge in [0, 0.05) is 6.08 Å². The second kappa shape index (κ2) is 7.76. The molecule has 0 aromatic heterocycles. The third-order valence-corrected chi connectivity index (χ3v) is 1.78. The van der Waals surface area contributed by atoms with Crippen molar-refractivity contribution in [3.8, 4) is 0 Å². The summed E-state index contributed by atoms with van der Waals surface area (Å²) in [6.07, 6.45) is 1.02. The smallest absolute Gasteiger partial charge is 0.331 e. The summed E-state index contributed by atoms with van der Waals surface area (Å²) in [5.41, 5.74) is 0. The average molecular weight is 188 g/mol. The zero-order valence-electron chi connectivity index (χ0n) is 8.75. The van der Waals surface area contributed by atoms with Crippen LogP contribution >= 0.6 is 0 Å². The van der Waals surface area contributed by atoms with E-state index >= 15 is 0 Å². The number of carbonyl (C=O) groups is 1. The van der Waals surface area contributed by atoms with Crippen LogP contribution in [0.1, 0.15) is 20.8 Å². The minimum Gasteiger partial charge on any atom is -0.443 e. The molecule has 0 saturated heterocycles. The highest BCUT2D eigenvalue weighted by atomic mass is 16.6. The molecule has 0 saturated carbocycles. The maximum Gasteiger partial charge on any atom is 0.331 e. The van der Waals surface area contributed by atoms with Crippen molar-refractivity contribution in [1.82, 2.24) is 11.1 Å². The molecule has 4 heteroatoms. The summed E-state index contributed by atoms with van der Waals surface area (Å²) in [7, 11) is 0. The van der Waals surface area contributed by atoms with Crippen LogP contribution in [0.3, 0.4) is 0 Å². The first-order chi connectivity index (χ1) is 5.65. The maximum absolute atomic E-state index is 10.8. The fourth-order valence-corrected chi connectivity index (χ4v) is 1.03. The second-order valence-electron chi connectivity index (χ2n) is 2.46. The molecule has 0 bridgehead atoms. The first-order valence-corrected chi connectivity index (χ1v) is 4.22. The SMILES string of the molecule is C=CC(=O)OC(C)N(CC)CC.N. The van der Waals surface area contributed by atoms with E-state index < -0.39 is 0 Å². The predicted octanol–water partition coefficient (Wildman–Crippen LogP) is 1.57. The second-order valence-corrected chi connectivity index (χ2v) is 2.46. The number of esters is 1. The van der Waals surface area contributed by atoms with E-state index in [1.165, 1.54) is 6.08 Å². The Morgan fingerprint density at radius 3 is 2.31 bits per heavy atom. The summed E-state index contributed by atoms with van der Waals surface area (Å²) in [4.78, 5) is 12.8. The number of nitrogens with zero attached hydrogens (tertiary/aromatic N) is 1. The van der Waals surface area contributed by atoms with Crippen molar-refractivity contribution in [2.45, 2.75) is 27.0 Å². The number of hydrogen-bond acceptors (Lipinski definition) is 4. The molecule has 0 radical (unpaired) electrons. The van der Waals surface area contributed by atoms with Gasteiger partial charge >= 0.3 is 5.97 Å². The Morgan fingerprint density at radius 2 is 2.00 bits per heavy atom. The van der Waals surface area contributed by atoms with E-state index in [0.29, 0.717) is 0 Å². The van der Waals surface area contributed by atoms with Gasteiger partial charge in [-0.05, 0) is 20.0 Å². The van der Waals surface area contributed by atoms with E-state index in [-0.39, 0.29) is 18.3 Å². The molecule has 0 heterocycles. The van der Waals surface area contributed by atoms with Crippen LogP contribution in [0.25, 0.3) is 0 Å². The number of rotatable bonds is 5. The standard InChI is InChI=1S/C9H17NO2.H3N/c1-5-9(11)12-8(4)10(6-2)7-3;/h5,8H,1,6-7H2,2-4H3;1H3. The van der Waals surface area contributed by atoms with Gasteiger partial charge in [-0.2, -0.15) is 0 Å². The molecule has 1 unspecified atom stereocenters. The predicted molar refractivity (Wildman–Crippen MR) is 53.7 cm³/mol. The van der Waals surface area contributed by atoms with E-state index in [4.69, 9.17) is 4.74 Å². The molecule has 0 fully saturated rings. The summed E-state index contributed by atoms with van der Waals surface area (Å²) in [6, 6.07) is 0. The van der Waals surface area contributed by atoms with Crippen LogP contribution in [0.15, 0.2) is 12.7 Å². The largest absolute Gasteiger partial charge is 0.443 e.